The minimum Gasteiger partial charge on any atom is -0.504 e. The first kappa shape index (κ1) is 20.5. The molecule has 1 heterocycles. The number of nitro groups is 1. The van der Waals surface area contributed by atoms with Crippen LogP contribution in [0.15, 0.2) is 12.1 Å². The molecule has 0 aromatic heterocycles. The Morgan fingerprint density at radius 1 is 1.19 bits per heavy atom. The van der Waals surface area contributed by atoms with Crippen molar-refractivity contribution in [2.24, 2.45) is 5.92 Å². The van der Waals surface area contributed by atoms with E-state index in [0.717, 1.165) is 19.0 Å². The molecule has 8 heteroatoms. The van der Waals surface area contributed by atoms with Gasteiger partial charge >= 0.3 is 5.69 Å². The Kier molecular flexibility index (Phi) is 6.83. The number of nitrogens with zero attached hydrogens (tertiary/aromatic N) is 2. The van der Waals surface area contributed by atoms with Crippen molar-refractivity contribution in [2.75, 3.05) is 13.1 Å². The predicted octanol–water partition coefficient (Wildman–Crippen LogP) is 3.66. The van der Waals surface area contributed by atoms with Gasteiger partial charge in [0.1, 0.15) is 0 Å². The molecule has 1 saturated heterocycles. The Bertz CT molecular complexity index is 680. The molecular formula is C18H25ClN2O5. The van der Waals surface area contributed by atoms with Crippen LogP contribution in [0.2, 0.25) is 0 Å². The summed E-state index contributed by atoms with van der Waals surface area (Å²) in [5.74, 6) is -1.10. The molecule has 7 nitrogen and oxygen atoms in total. The summed E-state index contributed by atoms with van der Waals surface area (Å²) >= 11 is 0. The molecule has 0 amide bonds. The van der Waals surface area contributed by atoms with Crippen molar-refractivity contribution < 1.29 is 19.9 Å². The minimum absolute atomic E-state index is 0. The normalized spacial score (nSPS) is 22.9. The number of hydrogen-bond donors (Lipinski definition) is 2. The van der Waals surface area contributed by atoms with E-state index < -0.39 is 22.1 Å². The molecule has 1 aliphatic carbocycles. The lowest BCUT2D eigenvalue weighted by atomic mass is 9.78. The van der Waals surface area contributed by atoms with Gasteiger partial charge in [0.05, 0.1) is 10.5 Å². The minimum atomic E-state index is -0.846. The zero-order chi connectivity index (χ0) is 18.0. The molecule has 2 fully saturated rings. The van der Waals surface area contributed by atoms with Crippen molar-refractivity contribution in [3.63, 3.8) is 0 Å². The summed E-state index contributed by atoms with van der Waals surface area (Å²) in [6.07, 6.45) is 7.50. The number of phenolic OH excluding ortho intramolecular Hbond substituents is 2. The number of fused-ring (bicyclic) bond motifs is 1. The Morgan fingerprint density at radius 2 is 1.88 bits per heavy atom. The number of halogens is 1. The summed E-state index contributed by atoms with van der Waals surface area (Å²) in [4.78, 5) is 25.2. The van der Waals surface area contributed by atoms with Crippen molar-refractivity contribution >= 4 is 23.9 Å². The molecular weight excluding hydrogens is 360 g/mol. The first-order valence-electron chi connectivity index (χ1n) is 8.95. The van der Waals surface area contributed by atoms with E-state index in [0.29, 0.717) is 18.5 Å². The largest absolute Gasteiger partial charge is 0.504 e. The van der Waals surface area contributed by atoms with E-state index in [1.165, 1.54) is 38.2 Å². The second-order valence-electron chi connectivity index (χ2n) is 7.05. The highest BCUT2D eigenvalue weighted by Gasteiger charge is 2.34. The Hall–Kier alpha value is -1.86. The van der Waals surface area contributed by atoms with Crippen LogP contribution in [0.3, 0.4) is 0 Å². The topological polar surface area (TPSA) is 104 Å². The predicted molar refractivity (Wildman–Crippen MR) is 99.2 cm³/mol. The zero-order valence-corrected chi connectivity index (χ0v) is 15.4. The fourth-order valence-corrected chi connectivity index (χ4v) is 4.36. The SMILES string of the molecule is Cl.O=C(CCN1CCCC2CCCCC21)c1ccc(O)c(O)c1[N+](=O)[O-]. The van der Waals surface area contributed by atoms with E-state index in [1.54, 1.807) is 0 Å². The van der Waals surface area contributed by atoms with E-state index in [4.69, 9.17) is 0 Å². The molecule has 2 N–H and O–H groups in total. The third kappa shape index (κ3) is 4.10. The van der Waals surface area contributed by atoms with Crippen LogP contribution in [0.25, 0.3) is 0 Å². The number of piperidine rings is 1. The maximum Gasteiger partial charge on any atom is 0.325 e. The molecule has 144 valence electrons. The monoisotopic (exact) mass is 384 g/mol. The smallest absolute Gasteiger partial charge is 0.325 e. The zero-order valence-electron chi connectivity index (χ0n) is 14.6. The third-order valence-electron chi connectivity index (χ3n) is 5.60. The summed E-state index contributed by atoms with van der Waals surface area (Å²) in [6, 6.07) is 2.86. The fourth-order valence-electron chi connectivity index (χ4n) is 4.36. The molecule has 0 radical (unpaired) electrons. The maximum absolute atomic E-state index is 12.5. The lowest BCUT2D eigenvalue weighted by molar-refractivity contribution is -0.386. The highest BCUT2D eigenvalue weighted by Crippen LogP contribution is 2.39. The van der Waals surface area contributed by atoms with Gasteiger partial charge in [-0.05, 0) is 50.3 Å². The lowest BCUT2D eigenvalue weighted by Gasteiger charge is -2.44. The van der Waals surface area contributed by atoms with Crippen LogP contribution in [-0.4, -0.2) is 45.0 Å². The van der Waals surface area contributed by atoms with Crippen LogP contribution in [0.1, 0.15) is 55.3 Å². The molecule has 2 unspecified atom stereocenters. The number of Topliss-reactive ketones (excluding diaryl/α,β-unsaturated/α-hetero) is 1. The molecule has 1 saturated carbocycles. The van der Waals surface area contributed by atoms with Gasteiger partial charge in [0.2, 0.25) is 5.75 Å². The average molecular weight is 385 g/mol. The molecule has 1 aromatic rings. The first-order chi connectivity index (χ1) is 12.0. The number of aromatic hydroxyl groups is 2. The third-order valence-corrected chi connectivity index (χ3v) is 5.60. The number of ketones is 1. The first-order valence-corrected chi connectivity index (χ1v) is 8.95. The number of likely N-dealkylation sites (tertiary alicyclic amines) is 1. The second-order valence-corrected chi connectivity index (χ2v) is 7.05. The molecule has 2 atom stereocenters. The van der Waals surface area contributed by atoms with Gasteiger partial charge in [-0.25, -0.2) is 0 Å². The van der Waals surface area contributed by atoms with E-state index in [9.17, 15) is 25.1 Å². The van der Waals surface area contributed by atoms with Gasteiger partial charge < -0.3 is 10.2 Å². The van der Waals surface area contributed by atoms with Gasteiger partial charge in [0, 0.05) is 19.0 Å². The number of phenols is 2. The maximum atomic E-state index is 12.5. The fraction of sp³-hybridized carbons (Fsp3) is 0.611. The van der Waals surface area contributed by atoms with Crippen molar-refractivity contribution in [2.45, 2.75) is 51.0 Å². The lowest BCUT2D eigenvalue weighted by Crippen LogP contribution is -2.47. The standard InChI is InChI=1S/C18H24N2O5.ClH/c21-15(13-7-8-16(22)18(23)17(13)20(24)25)9-11-19-10-3-5-12-4-1-2-6-14(12)19;/h7-8,12,14,22-23H,1-6,9-11H2;1H. The van der Waals surface area contributed by atoms with Gasteiger partial charge in [-0.2, -0.15) is 0 Å². The number of nitro benzene ring substituents is 1. The van der Waals surface area contributed by atoms with Crippen molar-refractivity contribution in [3.8, 4) is 11.5 Å². The van der Waals surface area contributed by atoms with Gasteiger partial charge in [-0.15, -0.1) is 12.4 Å². The van der Waals surface area contributed by atoms with Crippen LogP contribution in [0.5, 0.6) is 11.5 Å². The molecule has 0 spiro atoms. The van der Waals surface area contributed by atoms with Crippen LogP contribution < -0.4 is 0 Å². The van der Waals surface area contributed by atoms with Gasteiger partial charge in [-0.3, -0.25) is 19.8 Å². The van der Waals surface area contributed by atoms with E-state index in [-0.39, 0.29) is 30.2 Å². The molecule has 1 aromatic carbocycles. The van der Waals surface area contributed by atoms with Crippen LogP contribution in [0, 0.1) is 16.0 Å². The summed E-state index contributed by atoms with van der Waals surface area (Å²) in [5.41, 5.74) is -0.850. The second kappa shape index (κ2) is 8.68. The highest BCUT2D eigenvalue weighted by atomic mass is 35.5. The molecule has 26 heavy (non-hydrogen) atoms. The van der Waals surface area contributed by atoms with Gasteiger partial charge in [-0.1, -0.05) is 12.8 Å². The van der Waals surface area contributed by atoms with Crippen LogP contribution >= 0.6 is 12.4 Å². The van der Waals surface area contributed by atoms with E-state index >= 15 is 0 Å². The molecule has 2 aliphatic rings. The van der Waals surface area contributed by atoms with Crippen molar-refractivity contribution in [3.05, 3.63) is 27.8 Å². The average Bonchev–Trinajstić information content (AvgIpc) is 2.61. The van der Waals surface area contributed by atoms with Crippen molar-refractivity contribution in [1.82, 2.24) is 4.90 Å². The Labute approximate surface area is 158 Å². The number of carbonyl (C=O) groups is 1. The highest BCUT2D eigenvalue weighted by molar-refractivity contribution is 6.01. The summed E-state index contributed by atoms with van der Waals surface area (Å²) < 4.78 is 0. The van der Waals surface area contributed by atoms with Crippen LogP contribution in [0.4, 0.5) is 5.69 Å². The van der Waals surface area contributed by atoms with Gasteiger partial charge in [0.25, 0.3) is 0 Å². The number of hydrogen-bond acceptors (Lipinski definition) is 6. The Balaban J connectivity index is 0.00000243. The number of carbonyl (C=O) groups excluding carboxylic acids is 1. The summed E-state index contributed by atoms with van der Waals surface area (Å²) in [5, 5.41) is 30.3. The molecule has 1 aliphatic heterocycles. The number of rotatable bonds is 5. The molecule has 3 rings (SSSR count). The van der Waals surface area contributed by atoms with Crippen LogP contribution in [-0.2, 0) is 0 Å². The van der Waals surface area contributed by atoms with Gasteiger partial charge in [0.15, 0.2) is 11.5 Å². The molecule has 0 bridgehead atoms. The van der Waals surface area contributed by atoms with Crippen molar-refractivity contribution in [1.29, 1.82) is 0 Å². The quantitative estimate of drug-likeness (QED) is 0.347. The Morgan fingerprint density at radius 3 is 2.62 bits per heavy atom. The number of benzene rings is 1. The van der Waals surface area contributed by atoms with E-state index in [1.807, 2.05) is 0 Å². The summed E-state index contributed by atoms with van der Waals surface area (Å²) in [7, 11) is 0. The summed E-state index contributed by atoms with van der Waals surface area (Å²) in [6.45, 7) is 1.55. The van der Waals surface area contributed by atoms with E-state index in [2.05, 4.69) is 4.90 Å².